The molecule has 2 atom stereocenters. The third kappa shape index (κ3) is 4.36. The second-order valence-corrected chi connectivity index (χ2v) is 12.4. The van der Waals surface area contributed by atoms with Crippen LogP contribution in [0.2, 0.25) is 0 Å². The summed E-state index contributed by atoms with van der Waals surface area (Å²) >= 11 is 1.46. The molecule has 0 bridgehead atoms. The summed E-state index contributed by atoms with van der Waals surface area (Å²) in [5.41, 5.74) is 9.09. The summed E-state index contributed by atoms with van der Waals surface area (Å²) in [6.45, 7) is 8.93. The maximum absolute atomic E-state index is 12.7. The molecule has 6 rings (SSSR count). The zero-order valence-corrected chi connectivity index (χ0v) is 23.3. The van der Waals surface area contributed by atoms with E-state index < -0.39 is 0 Å². The van der Waals surface area contributed by atoms with E-state index in [1.165, 1.54) is 34.5 Å². The molecule has 38 heavy (non-hydrogen) atoms. The van der Waals surface area contributed by atoms with Crippen LogP contribution in [-0.4, -0.2) is 30.6 Å². The topological polar surface area (TPSA) is 85.6 Å². The van der Waals surface area contributed by atoms with Crippen molar-refractivity contribution in [3.05, 3.63) is 80.9 Å². The van der Waals surface area contributed by atoms with Crippen molar-refractivity contribution in [2.45, 2.75) is 58.4 Å². The third-order valence-corrected chi connectivity index (χ3v) is 9.21. The van der Waals surface area contributed by atoms with Crippen LogP contribution in [-0.2, 0) is 19.0 Å². The van der Waals surface area contributed by atoms with Crippen molar-refractivity contribution in [2.24, 2.45) is 13.0 Å². The molecular formula is C30H32N6OS. The van der Waals surface area contributed by atoms with Crippen molar-refractivity contribution in [2.75, 3.05) is 0 Å². The molecule has 1 N–H and O–H groups in total. The highest BCUT2D eigenvalue weighted by atomic mass is 32.1. The molecule has 8 heteroatoms. The van der Waals surface area contributed by atoms with Crippen molar-refractivity contribution >= 4 is 28.9 Å². The van der Waals surface area contributed by atoms with Gasteiger partial charge in [-0.05, 0) is 65.9 Å². The van der Waals surface area contributed by atoms with Gasteiger partial charge < -0.3 is 5.32 Å². The van der Waals surface area contributed by atoms with Crippen LogP contribution in [0.1, 0.15) is 82.2 Å². The summed E-state index contributed by atoms with van der Waals surface area (Å²) in [7, 11) is 1.96. The Kier molecular flexibility index (Phi) is 6.02. The summed E-state index contributed by atoms with van der Waals surface area (Å²) in [4.78, 5) is 27.6. The normalized spacial score (nSPS) is 18.3. The molecule has 2 aliphatic carbocycles. The number of fused-ring (bicyclic) bond motifs is 3. The van der Waals surface area contributed by atoms with E-state index in [1.54, 1.807) is 6.33 Å². The molecule has 3 aromatic heterocycles. The Morgan fingerprint density at radius 3 is 2.58 bits per heavy atom. The van der Waals surface area contributed by atoms with Crippen LogP contribution >= 0.6 is 11.3 Å². The van der Waals surface area contributed by atoms with Crippen LogP contribution in [0.4, 0.5) is 0 Å². The lowest BCUT2D eigenvalue weighted by Crippen LogP contribution is -2.29. The van der Waals surface area contributed by atoms with E-state index >= 15 is 0 Å². The van der Waals surface area contributed by atoms with Gasteiger partial charge in [0.25, 0.3) is 5.91 Å². The SMILES string of the molecule is Cc1cc(-c2ncnc3c2C2CCC2C(c2cnn(C)c2)=C3)ccc1CNC(=O)c1ncc(C(C)(C)C)s1. The maximum atomic E-state index is 12.7. The summed E-state index contributed by atoms with van der Waals surface area (Å²) in [6.07, 6.45) is 12.1. The second-order valence-electron chi connectivity index (χ2n) is 11.4. The fourth-order valence-corrected chi connectivity index (χ4v) is 6.37. The molecule has 0 radical (unpaired) electrons. The number of benzene rings is 1. The molecule has 0 aliphatic heterocycles. The van der Waals surface area contributed by atoms with Gasteiger partial charge in [0.05, 0.1) is 17.6 Å². The molecule has 0 spiro atoms. The van der Waals surface area contributed by atoms with Gasteiger partial charge in [-0.3, -0.25) is 9.48 Å². The average Bonchev–Trinajstić information content (AvgIpc) is 3.52. The van der Waals surface area contributed by atoms with Crippen LogP contribution < -0.4 is 5.32 Å². The Bertz CT molecular complexity index is 1570. The molecular weight excluding hydrogens is 492 g/mol. The fraction of sp³-hybridized carbons (Fsp3) is 0.367. The lowest BCUT2D eigenvalue weighted by molar-refractivity contribution is 0.0950. The lowest BCUT2D eigenvalue weighted by Gasteiger charge is -2.42. The number of thiazole rings is 1. The van der Waals surface area contributed by atoms with Gasteiger partial charge >= 0.3 is 0 Å². The first-order chi connectivity index (χ1) is 18.2. The molecule has 1 amide bonds. The minimum atomic E-state index is -0.133. The van der Waals surface area contributed by atoms with Crippen molar-refractivity contribution in [3.8, 4) is 11.3 Å². The monoisotopic (exact) mass is 524 g/mol. The molecule has 1 saturated carbocycles. The fourth-order valence-electron chi connectivity index (χ4n) is 5.48. The van der Waals surface area contributed by atoms with Gasteiger partial charge in [0.1, 0.15) is 6.33 Å². The third-order valence-electron chi connectivity index (χ3n) is 7.78. The molecule has 0 saturated heterocycles. The summed E-state index contributed by atoms with van der Waals surface area (Å²) in [5, 5.41) is 7.93. The Morgan fingerprint density at radius 1 is 1.11 bits per heavy atom. The number of aromatic nitrogens is 5. The van der Waals surface area contributed by atoms with Crippen molar-refractivity contribution in [3.63, 3.8) is 0 Å². The minimum absolute atomic E-state index is 0.0155. The number of carbonyl (C=O) groups is 1. The van der Waals surface area contributed by atoms with Gasteiger partial charge in [0.15, 0.2) is 5.01 Å². The molecule has 194 valence electrons. The first kappa shape index (κ1) is 24.7. The molecule has 2 aliphatic rings. The second kappa shape index (κ2) is 9.27. The molecule has 4 aromatic rings. The van der Waals surface area contributed by atoms with Crippen LogP contribution in [0.5, 0.6) is 0 Å². The van der Waals surface area contributed by atoms with Gasteiger partial charge in [-0.15, -0.1) is 11.3 Å². The van der Waals surface area contributed by atoms with Crippen LogP contribution in [0.25, 0.3) is 22.9 Å². The number of amides is 1. The van der Waals surface area contributed by atoms with E-state index in [0.717, 1.165) is 39.4 Å². The lowest BCUT2D eigenvalue weighted by atomic mass is 9.62. The minimum Gasteiger partial charge on any atom is -0.346 e. The Labute approximate surface area is 227 Å². The maximum Gasteiger partial charge on any atom is 0.280 e. The zero-order chi connectivity index (χ0) is 26.6. The van der Waals surface area contributed by atoms with E-state index in [2.05, 4.69) is 78.6 Å². The number of hydrogen-bond donors (Lipinski definition) is 1. The molecule has 1 aromatic carbocycles. The van der Waals surface area contributed by atoms with Gasteiger partial charge in [-0.2, -0.15) is 5.10 Å². The first-order valence-electron chi connectivity index (χ1n) is 13.1. The van der Waals surface area contributed by atoms with Crippen molar-refractivity contribution in [1.29, 1.82) is 0 Å². The Hall–Kier alpha value is -3.65. The predicted molar refractivity (Wildman–Crippen MR) is 151 cm³/mol. The first-order valence-corrected chi connectivity index (χ1v) is 13.9. The number of nitrogens with one attached hydrogen (secondary N) is 1. The number of rotatable bonds is 5. The summed E-state index contributed by atoms with van der Waals surface area (Å²) < 4.78 is 1.86. The zero-order valence-electron chi connectivity index (χ0n) is 22.4. The highest BCUT2D eigenvalue weighted by Gasteiger charge is 2.41. The molecule has 2 unspecified atom stereocenters. The smallest absolute Gasteiger partial charge is 0.280 e. The van der Waals surface area contributed by atoms with Crippen LogP contribution in [0.3, 0.4) is 0 Å². The van der Waals surface area contributed by atoms with Crippen LogP contribution in [0.15, 0.2) is 43.1 Å². The number of aryl methyl sites for hydroxylation is 2. The van der Waals surface area contributed by atoms with E-state index in [9.17, 15) is 4.79 Å². The van der Waals surface area contributed by atoms with E-state index in [4.69, 9.17) is 4.98 Å². The molecule has 7 nitrogen and oxygen atoms in total. The number of allylic oxidation sites excluding steroid dienone is 1. The van der Waals surface area contributed by atoms with Crippen molar-refractivity contribution in [1.82, 2.24) is 30.0 Å². The number of hydrogen-bond acceptors (Lipinski definition) is 6. The van der Waals surface area contributed by atoms with Gasteiger partial charge in [-0.1, -0.05) is 32.9 Å². The Balaban J connectivity index is 1.24. The quantitative estimate of drug-likeness (QED) is 0.350. The predicted octanol–water partition coefficient (Wildman–Crippen LogP) is 5.92. The van der Waals surface area contributed by atoms with E-state index in [1.807, 2.05) is 24.1 Å². The van der Waals surface area contributed by atoms with Gasteiger partial charge in [-0.25, -0.2) is 15.0 Å². The van der Waals surface area contributed by atoms with E-state index in [0.29, 0.717) is 23.4 Å². The van der Waals surface area contributed by atoms with Crippen molar-refractivity contribution < 1.29 is 4.79 Å². The summed E-state index contributed by atoms with van der Waals surface area (Å²) in [5.74, 6) is 0.778. The number of nitrogens with zero attached hydrogens (tertiary/aromatic N) is 5. The largest absolute Gasteiger partial charge is 0.346 e. The highest BCUT2D eigenvalue weighted by Crippen LogP contribution is 2.55. The average molecular weight is 525 g/mol. The summed E-state index contributed by atoms with van der Waals surface area (Å²) in [6, 6.07) is 6.39. The van der Waals surface area contributed by atoms with Crippen LogP contribution in [0, 0.1) is 12.8 Å². The molecule has 1 fully saturated rings. The molecule has 3 heterocycles. The highest BCUT2D eigenvalue weighted by molar-refractivity contribution is 7.13. The van der Waals surface area contributed by atoms with E-state index in [-0.39, 0.29) is 11.3 Å². The Morgan fingerprint density at radius 2 is 1.92 bits per heavy atom. The standard InChI is InChI=1S/C30H32N6OS/c1-17-10-18(6-7-19(17)12-31-28(37)29-32-14-25(38-29)30(2,3)4)27-26-22-9-8-21(22)23(11-24(26)33-16-34-27)20-13-35-36(5)15-20/h6-7,10-11,13-16,21-22H,8-9,12H2,1-5H3,(H,31,37). The van der Waals surface area contributed by atoms with Gasteiger partial charge in [0, 0.05) is 47.6 Å². The number of carbonyl (C=O) groups excluding carboxylic acids is 1. The van der Waals surface area contributed by atoms with Gasteiger partial charge in [0.2, 0.25) is 0 Å².